The molecule has 0 aliphatic heterocycles. The molecule has 0 aliphatic rings. The topological polar surface area (TPSA) is 61.8 Å². The molecule has 0 bridgehead atoms. The SMILES string of the molecule is CCNC(C)(CCCN(C)CCOC)C(=O)O. The highest BCUT2D eigenvalue weighted by Crippen LogP contribution is 2.12. The molecule has 0 aliphatic carbocycles. The van der Waals surface area contributed by atoms with Crippen LogP contribution in [0.2, 0.25) is 0 Å². The minimum absolute atomic E-state index is 0.632. The summed E-state index contributed by atoms with van der Waals surface area (Å²) < 4.78 is 4.99. The molecule has 0 amide bonds. The molecule has 0 aromatic heterocycles. The first kappa shape index (κ1) is 16.4. The Morgan fingerprint density at radius 2 is 2.12 bits per heavy atom. The number of carboxylic acid groups (broad SMARTS) is 1. The minimum Gasteiger partial charge on any atom is -0.480 e. The third-order valence-electron chi connectivity index (χ3n) is 2.93. The van der Waals surface area contributed by atoms with Gasteiger partial charge in [-0.2, -0.15) is 0 Å². The van der Waals surface area contributed by atoms with E-state index in [1.165, 1.54) is 0 Å². The maximum atomic E-state index is 11.2. The number of likely N-dealkylation sites (N-methyl/N-ethyl adjacent to an activating group) is 2. The van der Waals surface area contributed by atoms with Gasteiger partial charge in [0.05, 0.1) is 6.61 Å². The third kappa shape index (κ3) is 6.61. The van der Waals surface area contributed by atoms with E-state index in [4.69, 9.17) is 4.74 Å². The number of aliphatic carboxylic acids is 1. The van der Waals surface area contributed by atoms with Gasteiger partial charge in [-0.15, -0.1) is 0 Å². The maximum Gasteiger partial charge on any atom is 0.323 e. The van der Waals surface area contributed by atoms with Crippen molar-refractivity contribution < 1.29 is 14.6 Å². The van der Waals surface area contributed by atoms with Gasteiger partial charge in [0.2, 0.25) is 0 Å². The number of hydrogen-bond donors (Lipinski definition) is 2. The third-order valence-corrected chi connectivity index (χ3v) is 2.93. The van der Waals surface area contributed by atoms with E-state index in [1.54, 1.807) is 14.0 Å². The second-order valence-electron chi connectivity index (χ2n) is 4.57. The van der Waals surface area contributed by atoms with Gasteiger partial charge < -0.3 is 20.1 Å². The van der Waals surface area contributed by atoms with Crippen molar-refractivity contribution in [3.05, 3.63) is 0 Å². The molecule has 1 atom stereocenters. The average Bonchev–Trinajstić information content (AvgIpc) is 2.26. The normalized spacial score (nSPS) is 14.9. The number of nitrogens with one attached hydrogen (secondary N) is 1. The fourth-order valence-corrected chi connectivity index (χ4v) is 1.72. The largest absolute Gasteiger partial charge is 0.480 e. The van der Waals surface area contributed by atoms with E-state index in [-0.39, 0.29) is 0 Å². The molecular weight excluding hydrogens is 220 g/mol. The number of nitrogens with zero attached hydrogens (tertiary/aromatic N) is 1. The van der Waals surface area contributed by atoms with E-state index in [1.807, 2.05) is 14.0 Å². The lowest BCUT2D eigenvalue weighted by Crippen LogP contribution is -2.49. The Bertz CT molecular complexity index is 224. The van der Waals surface area contributed by atoms with Crippen LogP contribution >= 0.6 is 0 Å². The van der Waals surface area contributed by atoms with E-state index >= 15 is 0 Å². The number of rotatable bonds is 10. The van der Waals surface area contributed by atoms with E-state index in [2.05, 4.69) is 10.2 Å². The van der Waals surface area contributed by atoms with Gasteiger partial charge in [0.15, 0.2) is 0 Å². The molecule has 2 N–H and O–H groups in total. The number of ether oxygens (including phenoxy) is 1. The lowest BCUT2D eigenvalue weighted by molar-refractivity contribution is -0.144. The predicted molar refractivity (Wildman–Crippen MR) is 68.3 cm³/mol. The Hall–Kier alpha value is -0.650. The smallest absolute Gasteiger partial charge is 0.323 e. The Labute approximate surface area is 104 Å². The van der Waals surface area contributed by atoms with Gasteiger partial charge in [-0.05, 0) is 39.9 Å². The monoisotopic (exact) mass is 246 g/mol. The number of methoxy groups -OCH3 is 1. The summed E-state index contributed by atoms with van der Waals surface area (Å²) in [5, 5.41) is 12.2. The fraction of sp³-hybridized carbons (Fsp3) is 0.917. The Kier molecular flexibility index (Phi) is 8.12. The number of carbonyl (C=O) groups is 1. The lowest BCUT2D eigenvalue weighted by atomic mass is 9.96. The summed E-state index contributed by atoms with van der Waals surface area (Å²) in [5.41, 5.74) is -0.809. The quantitative estimate of drug-likeness (QED) is 0.597. The van der Waals surface area contributed by atoms with E-state index < -0.39 is 11.5 Å². The van der Waals surface area contributed by atoms with Crippen molar-refractivity contribution in [1.29, 1.82) is 0 Å². The average molecular weight is 246 g/mol. The molecule has 0 aromatic rings. The molecule has 0 aromatic carbocycles. The summed E-state index contributed by atoms with van der Waals surface area (Å²) in [5.74, 6) is -0.779. The number of carboxylic acids is 1. The zero-order valence-electron chi connectivity index (χ0n) is 11.5. The highest BCUT2D eigenvalue weighted by Gasteiger charge is 2.31. The molecule has 0 saturated carbocycles. The van der Waals surface area contributed by atoms with Crippen LogP contribution < -0.4 is 5.32 Å². The van der Waals surface area contributed by atoms with Crippen molar-refractivity contribution in [2.24, 2.45) is 0 Å². The Morgan fingerprint density at radius 3 is 2.59 bits per heavy atom. The van der Waals surface area contributed by atoms with Gasteiger partial charge in [0.25, 0.3) is 0 Å². The molecule has 0 saturated heterocycles. The zero-order valence-corrected chi connectivity index (χ0v) is 11.5. The first-order valence-electron chi connectivity index (χ1n) is 6.12. The Balaban J connectivity index is 3.94. The van der Waals surface area contributed by atoms with Gasteiger partial charge >= 0.3 is 5.97 Å². The van der Waals surface area contributed by atoms with Crippen LogP contribution in [0.5, 0.6) is 0 Å². The first-order chi connectivity index (χ1) is 7.96. The first-order valence-corrected chi connectivity index (χ1v) is 6.12. The molecule has 102 valence electrons. The molecular formula is C12H26N2O3. The van der Waals surface area contributed by atoms with Crippen LogP contribution in [0.15, 0.2) is 0 Å². The molecule has 1 unspecified atom stereocenters. The van der Waals surface area contributed by atoms with Gasteiger partial charge in [0, 0.05) is 13.7 Å². The van der Waals surface area contributed by atoms with Crippen molar-refractivity contribution in [2.45, 2.75) is 32.2 Å². The summed E-state index contributed by atoms with van der Waals surface area (Å²) in [4.78, 5) is 13.3. The van der Waals surface area contributed by atoms with Crippen molar-refractivity contribution in [2.75, 3.05) is 40.4 Å². The van der Waals surface area contributed by atoms with Crippen LogP contribution in [-0.4, -0.2) is 61.9 Å². The van der Waals surface area contributed by atoms with Crippen LogP contribution in [0, 0.1) is 0 Å². The van der Waals surface area contributed by atoms with Gasteiger partial charge in [-0.3, -0.25) is 4.79 Å². The molecule has 0 heterocycles. The summed E-state index contributed by atoms with van der Waals surface area (Å²) in [6, 6.07) is 0. The molecule has 17 heavy (non-hydrogen) atoms. The van der Waals surface area contributed by atoms with Crippen molar-refractivity contribution >= 4 is 5.97 Å². The Morgan fingerprint density at radius 1 is 1.47 bits per heavy atom. The molecule has 0 radical (unpaired) electrons. The molecule has 5 heteroatoms. The van der Waals surface area contributed by atoms with Crippen LogP contribution in [-0.2, 0) is 9.53 Å². The molecule has 0 rings (SSSR count). The van der Waals surface area contributed by atoms with Crippen LogP contribution in [0.25, 0.3) is 0 Å². The summed E-state index contributed by atoms with van der Waals surface area (Å²) in [6.45, 7) is 6.81. The highest BCUT2D eigenvalue weighted by molar-refractivity contribution is 5.78. The van der Waals surface area contributed by atoms with Crippen LogP contribution in [0.4, 0.5) is 0 Å². The molecule has 0 fully saturated rings. The van der Waals surface area contributed by atoms with E-state index in [0.29, 0.717) is 19.6 Å². The van der Waals surface area contributed by atoms with Gasteiger partial charge in [-0.25, -0.2) is 0 Å². The highest BCUT2D eigenvalue weighted by atomic mass is 16.5. The van der Waals surface area contributed by atoms with Gasteiger partial charge in [0.1, 0.15) is 5.54 Å². The summed E-state index contributed by atoms with van der Waals surface area (Å²) >= 11 is 0. The van der Waals surface area contributed by atoms with Crippen LogP contribution in [0.3, 0.4) is 0 Å². The maximum absolute atomic E-state index is 11.2. The van der Waals surface area contributed by atoms with Crippen molar-refractivity contribution in [3.63, 3.8) is 0 Å². The molecule has 5 nitrogen and oxygen atoms in total. The zero-order chi connectivity index (χ0) is 13.3. The second kappa shape index (κ2) is 8.44. The van der Waals surface area contributed by atoms with E-state index in [0.717, 1.165) is 19.5 Å². The van der Waals surface area contributed by atoms with E-state index in [9.17, 15) is 9.90 Å². The van der Waals surface area contributed by atoms with Gasteiger partial charge in [-0.1, -0.05) is 6.92 Å². The number of hydrogen-bond acceptors (Lipinski definition) is 4. The minimum atomic E-state index is -0.809. The standard InChI is InChI=1S/C12H26N2O3/c1-5-13-12(2,11(15)16)7-6-8-14(3)9-10-17-4/h13H,5-10H2,1-4H3,(H,15,16). The van der Waals surface area contributed by atoms with Crippen molar-refractivity contribution in [1.82, 2.24) is 10.2 Å². The lowest BCUT2D eigenvalue weighted by Gasteiger charge is -2.26. The molecule has 0 spiro atoms. The fourth-order valence-electron chi connectivity index (χ4n) is 1.72. The second-order valence-corrected chi connectivity index (χ2v) is 4.57. The van der Waals surface area contributed by atoms with Crippen molar-refractivity contribution in [3.8, 4) is 0 Å². The van der Waals surface area contributed by atoms with Crippen LogP contribution in [0.1, 0.15) is 26.7 Å². The summed E-state index contributed by atoms with van der Waals surface area (Å²) in [7, 11) is 3.70. The summed E-state index contributed by atoms with van der Waals surface area (Å²) in [6.07, 6.45) is 1.49. The predicted octanol–water partition coefficient (Wildman–Crippen LogP) is 0.798.